The Kier molecular flexibility index (Phi) is 4.98. The molecule has 7 heteroatoms. The Balaban J connectivity index is 1.28. The highest BCUT2D eigenvalue weighted by Gasteiger charge is 2.44. The first kappa shape index (κ1) is 20.7. The standard InChI is InChI=1S/C27H26N6O/c1-17-6-5-12-28-25(17)20-10-9-18(2)30-26(20)27(34)32-13-11-19-15-33(23(19)16-32)24-14-29-21-7-3-4-8-22(21)31-24/h3-10,12,14,19,23H,11,13,15-16H2,1-2H3/t19-,23-/m0/s1. The van der Waals surface area contributed by atoms with Crippen molar-refractivity contribution >= 4 is 22.8 Å². The van der Waals surface area contributed by atoms with Crippen LogP contribution in [0.2, 0.25) is 0 Å². The van der Waals surface area contributed by atoms with E-state index in [4.69, 9.17) is 4.98 Å². The van der Waals surface area contributed by atoms with Gasteiger partial charge in [-0.1, -0.05) is 18.2 Å². The molecular weight excluding hydrogens is 424 g/mol. The lowest BCUT2D eigenvalue weighted by molar-refractivity contribution is 0.0586. The largest absolute Gasteiger partial charge is 0.350 e. The number of hydrogen-bond donors (Lipinski definition) is 0. The number of fused-ring (bicyclic) bond motifs is 2. The first-order chi connectivity index (χ1) is 16.6. The normalized spacial score (nSPS) is 19.6. The van der Waals surface area contributed by atoms with Crippen LogP contribution in [-0.2, 0) is 0 Å². The number of aryl methyl sites for hydroxylation is 2. The molecule has 2 aliphatic rings. The van der Waals surface area contributed by atoms with Crippen LogP contribution in [0.15, 0.2) is 60.9 Å². The van der Waals surface area contributed by atoms with E-state index in [0.29, 0.717) is 18.2 Å². The van der Waals surface area contributed by atoms with Crippen LogP contribution in [0.1, 0.15) is 28.2 Å². The zero-order chi connectivity index (χ0) is 23.2. The molecule has 3 aromatic heterocycles. The Morgan fingerprint density at radius 2 is 1.79 bits per heavy atom. The van der Waals surface area contributed by atoms with Crippen LogP contribution in [-0.4, -0.2) is 56.4 Å². The molecule has 2 aliphatic heterocycles. The molecule has 0 radical (unpaired) electrons. The Bertz CT molecular complexity index is 1400. The van der Waals surface area contributed by atoms with E-state index in [0.717, 1.165) is 58.9 Å². The SMILES string of the molecule is Cc1ccc(-c2ncccc2C)c(C(=O)N2CC[C@H]3CN(c4cnc5ccccc5n4)[C@H]3C2)n1. The Labute approximate surface area is 198 Å². The van der Waals surface area contributed by atoms with Gasteiger partial charge in [-0.2, -0.15) is 0 Å². The van der Waals surface area contributed by atoms with Crippen molar-refractivity contribution < 1.29 is 4.79 Å². The number of piperidine rings is 1. The molecule has 170 valence electrons. The van der Waals surface area contributed by atoms with Crippen molar-refractivity contribution in [1.82, 2.24) is 24.8 Å². The number of hydrogen-bond acceptors (Lipinski definition) is 6. The van der Waals surface area contributed by atoms with E-state index < -0.39 is 0 Å². The van der Waals surface area contributed by atoms with Crippen molar-refractivity contribution in [2.75, 3.05) is 24.5 Å². The minimum absolute atomic E-state index is 0.0290. The van der Waals surface area contributed by atoms with Gasteiger partial charge in [-0.15, -0.1) is 0 Å². The van der Waals surface area contributed by atoms with Gasteiger partial charge in [0.1, 0.15) is 11.5 Å². The van der Waals surface area contributed by atoms with Crippen LogP contribution in [0, 0.1) is 19.8 Å². The fraction of sp³-hybridized carbons (Fsp3) is 0.296. The lowest BCUT2D eigenvalue weighted by Gasteiger charge is -2.53. The van der Waals surface area contributed by atoms with E-state index in [1.165, 1.54) is 0 Å². The molecule has 5 heterocycles. The highest BCUT2D eigenvalue weighted by atomic mass is 16.2. The lowest BCUT2D eigenvalue weighted by atomic mass is 9.82. The summed E-state index contributed by atoms with van der Waals surface area (Å²) >= 11 is 0. The van der Waals surface area contributed by atoms with Gasteiger partial charge in [-0.05, 0) is 56.2 Å². The number of benzene rings is 1. The highest BCUT2D eigenvalue weighted by Crippen LogP contribution is 2.36. The topological polar surface area (TPSA) is 75.1 Å². The molecule has 6 rings (SSSR count). The fourth-order valence-corrected chi connectivity index (χ4v) is 5.16. The number of rotatable bonds is 3. The van der Waals surface area contributed by atoms with E-state index in [-0.39, 0.29) is 11.9 Å². The molecule has 4 aromatic rings. The molecule has 2 atom stereocenters. The molecule has 7 nitrogen and oxygen atoms in total. The van der Waals surface area contributed by atoms with Crippen LogP contribution in [0.4, 0.5) is 5.82 Å². The summed E-state index contributed by atoms with van der Waals surface area (Å²) in [6, 6.07) is 16.0. The maximum Gasteiger partial charge on any atom is 0.273 e. The predicted molar refractivity (Wildman–Crippen MR) is 132 cm³/mol. The third-order valence-electron chi connectivity index (χ3n) is 7.07. The smallest absolute Gasteiger partial charge is 0.273 e. The third-order valence-corrected chi connectivity index (χ3v) is 7.07. The number of amides is 1. The van der Waals surface area contributed by atoms with E-state index in [1.807, 2.05) is 73.5 Å². The number of nitrogens with zero attached hydrogens (tertiary/aromatic N) is 6. The zero-order valence-corrected chi connectivity index (χ0v) is 19.3. The summed E-state index contributed by atoms with van der Waals surface area (Å²) in [5.74, 6) is 1.42. The molecule has 0 aliphatic carbocycles. The Morgan fingerprint density at radius 3 is 2.65 bits per heavy atom. The number of pyridine rings is 2. The van der Waals surface area contributed by atoms with Crippen LogP contribution in [0.3, 0.4) is 0 Å². The van der Waals surface area contributed by atoms with E-state index in [2.05, 4.69) is 19.9 Å². The van der Waals surface area contributed by atoms with E-state index in [1.54, 1.807) is 6.20 Å². The van der Waals surface area contributed by atoms with Gasteiger partial charge in [0.25, 0.3) is 5.91 Å². The predicted octanol–water partition coefficient (Wildman–Crippen LogP) is 4.05. The average molecular weight is 451 g/mol. The van der Waals surface area contributed by atoms with Gasteiger partial charge in [-0.25, -0.2) is 9.97 Å². The molecule has 0 unspecified atom stereocenters. The summed E-state index contributed by atoms with van der Waals surface area (Å²) in [5, 5.41) is 0. The summed E-state index contributed by atoms with van der Waals surface area (Å²) < 4.78 is 0. The molecule has 0 spiro atoms. The van der Waals surface area contributed by atoms with Crippen molar-refractivity contribution in [3.63, 3.8) is 0 Å². The number of para-hydroxylation sites is 2. The van der Waals surface area contributed by atoms with Crippen molar-refractivity contribution in [2.45, 2.75) is 26.3 Å². The van der Waals surface area contributed by atoms with E-state index in [9.17, 15) is 4.79 Å². The molecule has 2 saturated heterocycles. The molecule has 0 saturated carbocycles. The van der Waals surface area contributed by atoms with Crippen LogP contribution >= 0.6 is 0 Å². The monoisotopic (exact) mass is 450 g/mol. The molecule has 34 heavy (non-hydrogen) atoms. The van der Waals surface area contributed by atoms with Crippen molar-refractivity contribution in [3.05, 3.63) is 77.9 Å². The fourth-order valence-electron chi connectivity index (χ4n) is 5.16. The van der Waals surface area contributed by atoms with Gasteiger partial charge < -0.3 is 9.80 Å². The Morgan fingerprint density at radius 1 is 0.941 bits per heavy atom. The molecule has 2 fully saturated rings. The zero-order valence-electron chi connectivity index (χ0n) is 19.3. The summed E-state index contributed by atoms with van der Waals surface area (Å²) in [6.07, 6.45) is 4.60. The Hall–Kier alpha value is -3.87. The number of likely N-dealkylation sites (tertiary alicyclic amines) is 1. The minimum Gasteiger partial charge on any atom is -0.350 e. The average Bonchev–Trinajstić information content (AvgIpc) is 2.85. The van der Waals surface area contributed by atoms with Crippen molar-refractivity contribution in [1.29, 1.82) is 0 Å². The summed E-state index contributed by atoms with van der Waals surface area (Å²) in [7, 11) is 0. The van der Waals surface area contributed by atoms with Crippen LogP contribution in [0.5, 0.6) is 0 Å². The first-order valence-corrected chi connectivity index (χ1v) is 11.8. The molecule has 1 aromatic carbocycles. The molecular formula is C27H26N6O. The molecule has 0 N–H and O–H groups in total. The van der Waals surface area contributed by atoms with Gasteiger partial charge in [0.15, 0.2) is 0 Å². The summed E-state index contributed by atoms with van der Waals surface area (Å²) in [4.78, 5) is 36.6. The third kappa shape index (κ3) is 3.48. The van der Waals surface area contributed by atoms with E-state index >= 15 is 0 Å². The van der Waals surface area contributed by atoms with Crippen LogP contribution in [0.25, 0.3) is 22.3 Å². The number of carbonyl (C=O) groups is 1. The van der Waals surface area contributed by atoms with Gasteiger partial charge in [0.2, 0.25) is 0 Å². The lowest BCUT2D eigenvalue weighted by Crippen LogP contribution is -2.65. The second-order valence-corrected chi connectivity index (χ2v) is 9.25. The van der Waals surface area contributed by atoms with Gasteiger partial charge >= 0.3 is 0 Å². The second-order valence-electron chi connectivity index (χ2n) is 9.25. The van der Waals surface area contributed by atoms with Crippen molar-refractivity contribution in [2.24, 2.45) is 5.92 Å². The van der Waals surface area contributed by atoms with Gasteiger partial charge in [0, 0.05) is 43.0 Å². The highest BCUT2D eigenvalue weighted by molar-refractivity contribution is 5.99. The number of anilines is 1. The van der Waals surface area contributed by atoms with Crippen LogP contribution < -0.4 is 4.90 Å². The molecule has 0 bridgehead atoms. The minimum atomic E-state index is -0.0290. The van der Waals surface area contributed by atoms with Gasteiger partial charge in [0.05, 0.1) is 29.0 Å². The number of aromatic nitrogens is 4. The summed E-state index contributed by atoms with van der Waals surface area (Å²) in [6.45, 7) is 6.30. The quantitative estimate of drug-likeness (QED) is 0.469. The second kappa shape index (κ2) is 8.17. The van der Waals surface area contributed by atoms with Crippen molar-refractivity contribution in [3.8, 4) is 11.3 Å². The first-order valence-electron chi connectivity index (χ1n) is 11.8. The maximum absolute atomic E-state index is 13.7. The van der Waals surface area contributed by atoms with Gasteiger partial charge in [-0.3, -0.25) is 14.8 Å². The summed E-state index contributed by atoms with van der Waals surface area (Å²) in [5.41, 5.74) is 5.73. The maximum atomic E-state index is 13.7. The molecule has 1 amide bonds. The number of carbonyl (C=O) groups excluding carboxylic acids is 1.